The second-order valence-electron chi connectivity index (χ2n) is 10.3. The van der Waals surface area contributed by atoms with Crippen LogP contribution in [0.1, 0.15) is 80.1 Å². The molecule has 0 bridgehead atoms. The second kappa shape index (κ2) is 11.6. The SMILES string of the molecule is CC(C)(C)CCCN1CCCCC1.CC(C)(C)CCN1CCOCC1. The van der Waals surface area contributed by atoms with Crippen LogP contribution in [0.4, 0.5) is 0 Å². The van der Waals surface area contributed by atoms with Crippen LogP contribution in [-0.4, -0.2) is 62.3 Å². The number of hydrogen-bond donors (Lipinski definition) is 0. The molecule has 0 N–H and O–H groups in total. The molecule has 3 nitrogen and oxygen atoms in total. The predicted octanol–water partition coefficient (Wildman–Crippen LogP) is 5.05. The molecule has 2 heterocycles. The topological polar surface area (TPSA) is 15.7 Å². The lowest BCUT2D eigenvalue weighted by Gasteiger charge is -2.29. The van der Waals surface area contributed by atoms with Gasteiger partial charge in [0.2, 0.25) is 0 Å². The fourth-order valence-electron chi connectivity index (χ4n) is 3.33. The number of nitrogens with zero attached hydrogens (tertiary/aromatic N) is 2. The van der Waals surface area contributed by atoms with Crippen LogP contribution in [0.2, 0.25) is 0 Å². The van der Waals surface area contributed by atoms with Gasteiger partial charge in [0.05, 0.1) is 13.2 Å². The van der Waals surface area contributed by atoms with E-state index in [4.69, 9.17) is 4.74 Å². The normalized spacial score (nSPS) is 20.9. The third kappa shape index (κ3) is 13.7. The van der Waals surface area contributed by atoms with E-state index in [0.717, 1.165) is 26.3 Å². The van der Waals surface area contributed by atoms with Gasteiger partial charge in [-0.25, -0.2) is 0 Å². The molecule has 2 rings (SSSR count). The molecule has 3 heteroatoms. The van der Waals surface area contributed by atoms with Crippen LogP contribution in [0, 0.1) is 10.8 Å². The molecule has 0 amide bonds. The van der Waals surface area contributed by atoms with Crippen LogP contribution in [0.3, 0.4) is 0 Å². The Bertz CT molecular complexity index is 318. The summed E-state index contributed by atoms with van der Waals surface area (Å²) in [5.41, 5.74) is 0.994. The molecule has 0 unspecified atom stereocenters. The lowest BCUT2D eigenvalue weighted by Crippen LogP contribution is -2.37. The van der Waals surface area contributed by atoms with Crippen molar-refractivity contribution >= 4 is 0 Å². The van der Waals surface area contributed by atoms with Crippen molar-refractivity contribution in [3.8, 4) is 0 Å². The van der Waals surface area contributed by atoms with E-state index in [9.17, 15) is 0 Å². The molecule has 0 aromatic carbocycles. The van der Waals surface area contributed by atoms with Gasteiger partial charge >= 0.3 is 0 Å². The van der Waals surface area contributed by atoms with Crippen molar-refractivity contribution in [3.63, 3.8) is 0 Å². The summed E-state index contributed by atoms with van der Waals surface area (Å²) in [6, 6.07) is 0. The minimum absolute atomic E-state index is 0.471. The van der Waals surface area contributed by atoms with Crippen molar-refractivity contribution in [1.82, 2.24) is 9.80 Å². The first-order valence-electron chi connectivity index (χ1n) is 10.7. The first kappa shape index (κ1) is 22.9. The number of rotatable bonds is 5. The molecule has 0 radical (unpaired) electrons. The van der Waals surface area contributed by atoms with Crippen molar-refractivity contribution in [3.05, 3.63) is 0 Å². The molecule has 0 saturated carbocycles. The highest BCUT2D eigenvalue weighted by atomic mass is 16.5. The molecule has 0 spiro atoms. The predicted molar refractivity (Wildman–Crippen MR) is 110 cm³/mol. The van der Waals surface area contributed by atoms with Crippen LogP contribution < -0.4 is 0 Å². The third-order valence-corrected chi connectivity index (χ3v) is 5.13. The van der Waals surface area contributed by atoms with Crippen LogP contribution in [0.5, 0.6) is 0 Å². The van der Waals surface area contributed by atoms with E-state index in [1.54, 1.807) is 0 Å². The maximum atomic E-state index is 5.29. The molecular weight excluding hydrogens is 308 g/mol. The minimum Gasteiger partial charge on any atom is -0.379 e. The van der Waals surface area contributed by atoms with Gasteiger partial charge in [-0.05, 0) is 69.1 Å². The van der Waals surface area contributed by atoms with Crippen LogP contribution in [0.25, 0.3) is 0 Å². The Morgan fingerprint density at radius 2 is 1.16 bits per heavy atom. The zero-order valence-corrected chi connectivity index (χ0v) is 18.2. The van der Waals surface area contributed by atoms with Gasteiger partial charge in [-0.2, -0.15) is 0 Å². The van der Waals surface area contributed by atoms with E-state index < -0.39 is 0 Å². The molecule has 25 heavy (non-hydrogen) atoms. The Labute approximate surface area is 158 Å². The zero-order chi connectivity index (χ0) is 18.8. The van der Waals surface area contributed by atoms with E-state index in [2.05, 4.69) is 51.3 Å². The van der Waals surface area contributed by atoms with Gasteiger partial charge in [0.15, 0.2) is 0 Å². The van der Waals surface area contributed by atoms with Crippen molar-refractivity contribution in [1.29, 1.82) is 0 Å². The van der Waals surface area contributed by atoms with Crippen molar-refractivity contribution in [2.24, 2.45) is 10.8 Å². The highest BCUT2D eigenvalue weighted by Crippen LogP contribution is 2.21. The highest BCUT2D eigenvalue weighted by Gasteiger charge is 2.15. The molecule has 0 atom stereocenters. The number of ether oxygens (including phenoxy) is 1. The summed E-state index contributed by atoms with van der Waals surface area (Å²) in [4.78, 5) is 5.13. The summed E-state index contributed by atoms with van der Waals surface area (Å²) < 4.78 is 5.29. The van der Waals surface area contributed by atoms with Gasteiger partial charge in [0.1, 0.15) is 0 Å². The molecule has 0 aromatic rings. The fourth-order valence-corrected chi connectivity index (χ4v) is 3.33. The largest absolute Gasteiger partial charge is 0.379 e. The smallest absolute Gasteiger partial charge is 0.0594 e. The first-order chi connectivity index (χ1) is 11.7. The van der Waals surface area contributed by atoms with Gasteiger partial charge in [0, 0.05) is 13.1 Å². The minimum atomic E-state index is 0.471. The van der Waals surface area contributed by atoms with Gasteiger partial charge in [-0.1, -0.05) is 48.0 Å². The maximum Gasteiger partial charge on any atom is 0.0594 e. The Hall–Kier alpha value is -0.120. The van der Waals surface area contributed by atoms with Crippen LogP contribution in [-0.2, 0) is 4.74 Å². The summed E-state index contributed by atoms with van der Waals surface area (Å²) in [5, 5.41) is 0. The molecular formula is C22H46N2O. The molecule has 2 aliphatic heterocycles. The second-order valence-corrected chi connectivity index (χ2v) is 10.3. The van der Waals surface area contributed by atoms with E-state index in [-0.39, 0.29) is 0 Å². The molecule has 2 saturated heterocycles. The van der Waals surface area contributed by atoms with E-state index in [0.29, 0.717) is 10.8 Å². The molecule has 150 valence electrons. The summed E-state index contributed by atoms with van der Waals surface area (Å²) >= 11 is 0. The monoisotopic (exact) mass is 354 g/mol. The fraction of sp³-hybridized carbons (Fsp3) is 1.00. The molecule has 2 fully saturated rings. The van der Waals surface area contributed by atoms with Crippen LogP contribution in [0.15, 0.2) is 0 Å². The Morgan fingerprint density at radius 1 is 0.640 bits per heavy atom. The summed E-state index contributed by atoms with van der Waals surface area (Å²) in [6.45, 7) is 23.3. The summed E-state index contributed by atoms with van der Waals surface area (Å²) in [5.74, 6) is 0. The lowest BCUT2D eigenvalue weighted by atomic mass is 9.90. The van der Waals surface area contributed by atoms with Gasteiger partial charge in [-0.3, -0.25) is 4.90 Å². The molecule has 0 aliphatic carbocycles. The summed E-state index contributed by atoms with van der Waals surface area (Å²) in [7, 11) is 0. The standard InChI is InChI=1S/C12H25N.C10H21NO/c1-12(2,3)8-7-11-13-9-5-4-6-10-13;1-10(2,3)4-5-11-6-8-12-9-7-11/h4-11H2,1-3H3;4-9H2,1-3H3. The molecule has 2 aliphatic rings. The highest BCUT2D eigenvalue weighted by molar-refractivity contribution is 4.68. The number of morpholine rings is 1. The Morgan fingerprint density at radius 3 is 1.68 bits per heavy atom. The average Bonchev–Trinajstić information content (AvgIpc) is 2.54. The van der Waals surface area contributed by atoms with Crippen molar-refractivity contribution in [2.75, 3.05) is 52.5 Å². The zero-order valence-electron chi connectivity index (χ0n) is 18.2. The first-order valence-corrected chi connectivity index (χ1v) is 10.7. The average molecular weight is 355 g/mol. The number of piperidine rings is 1. The van der Waals surface area contributed by atoms with E-state index in [1.165, 1.54) is 64.7 Å². The Balaban J connectivity index is 0.000000251. The van der Waals surface area contributed by atoms with E-state index in [1.807, 2.05) is 0 Å². The van der Waals surface area contributed by atoms with E-state index >= 15 is 0 Å². The quantitative estimate of drug-likeness (QED) is 0.687. The summed E-state index contributed by atoms with van der Waals surface area (Å²) in [6.07, 6.45) is 8.33. The Kier molecular flexibility index (Phi) is 10.6. The molecule has 0 aromatic heterocycles. The lowest BCUT2D eigenvalue weighted by molar-refractivity contribution is 0.0333. The van der Waals surface area contributed by atoms with Gasteiger partial charge < -0.3 is 9.64 Å². The van der Waals surface area contributed by atoms with Crippen molar-refractivity contribution in [2.45, 2.75) is 80.1 Å². The third-order valence-electron chi connectivity index (χ3n) is 5.13. The van der Waals surface area contributed by atoms with Gasteiger partial charge in [-0.15, -0.1) is 0 Å². The number of likely N-dealkylation sites (tertiary alicyclic amines) is 1. The van der Waals surface area contributed by atoms with Gasteiger partial charge in [0.25, 0.3) is 0 Å². The maximum absolute atomic E-state index is 5.29. The van der Waals surface area contributed by atoms with Crippen LogP contribution >= 0.6 is 0 Å². The number of hydrogen-bond acceptors (Lipinski definition) is 3. The van der Waals surface area contributed by atoms with Crippen molar-refractivity contribution < 1.29 is 4.74 Å².